The lowest BCUT2D eigenvalue weighted by Crippen LogP contribution is -2.37. The van der Waals surface area contributed by atoms with Crippen LogP contribution >= 0.6 is 0 Å². The van der Waals surface area contributed by atoms with E-state index in [4.69, 9.17) is 14.2 Å². The second kappa shape index (κ2) is 7.47. The molecule has 1 N–H and O–H groups in total. The number of ether oxygens (including phenoxy) is 3. The molecule has 25 heavy (non-hydrogen) atoms. The molecule has 5 heteroatoms. The molecule has 2 aromatic rings. The van der Waals surface area contributed by atoms with E-state index in [0.717, 1.165) is 16.9 Å². The molecule has 0 aliphatic carbocycles. The van der Waals surface area contributed by atoms with E-state index in [1.54, 1.807) is 6.92 Å². The van der Waals surface area contributed by atoms with Crippen molar-refractivity contribution in [1.29, 1.82) is 0 Å². The van der Waals surface area contributed by atoms with Crippen LogP contribution in [0.3, 0.4) is 0 Å². The first-order chi connectivity index (χ1) is 12.0. The molecule has 1 aliphatic heterocycles. The van der Waals surface area contributed by atoms with Gasteiger partial charge in [0.2, 0.25) is 0 Å². The summed E-state index contributed by atoms with van der Waals surface area (Å²) in [4.78, 5) is 12.4. The van der Waals surface area contributed by atoms with Crippen molar-refractivity contribution in [3.05, 3.63) is 53.6 Å². The van der Waals surface area contributed by atoms with Crippen molar-refractivity contribution in [3.8, 4) is 17.2 Å². The van der Waals surface area contributed by atoms with Crippen LogP contribution in [-0.4, -0.2) is 25.2 Å². The average Bonchev–Trinajstić information content (AvgIpc) is 2.63. The highest BCUT2D eigenvalue weighted by Gasteiger charge is 2.19. The molecular formula is C20H23NO4. The Kier molecular flexibility index (Phi) is 5.12. The zero-order valence-electron chi connectivity index (χ0n) is 14.7. The van der Waals surface area contributed by atoms with E-state index in [1.165, 1.54) is 0 Å². The van der Waals surface area contributed by atoms with Gasteiger partial charge in [-0.2, -0.15) is 0 Å². The number of aryl methyl sites for hydroxylation is 1. The van der Waals surface area contributed by atoms with E-state index in [9.17, 15) is 4.79 Å². The highest BCUT2D eigenvalue weighted by atomic mass is 16.6. The van der Waals surface area contributed by atoms with Gasteiger partial charge in [-0.05, 0) is 50.6 Å². The summed E-state index contributed by atoms with van der Waals surface area (Å²) >= 11 is 0. The average molecular weight is 341 g/mol. The van der Waals surface area contributed by atoms with Crippen molar-refractivity contribution >= 4 is 5.91 Å². The summed E-state index contributed by atoms with van der Waals surface area (Å²) in [7, 11) is 0. The normalized spacial score (nSPS) is 15.2. The van der Waals surface area contributed by atoms with Crippen LogP contribution in [0.1, 0.15) is 31.0 Å². The highest BCUT2D eigenvalue weighted by Crippen LogP contribution is 2.32. The van der Waals surface area contributed by atoms with E-state index < -0.39 is 6.10 Å². The molecule has 0 bridgehead atoms. The van der Waals surface area contributed by atoms with E-state index in [1.807, 2.05) is 56.3 Å². The van der Waals surface area contributed by atoms with Gasteiger partial charge in [-0.25, -0.2) is 0 Å². The quantitative estimate of drug-likeness (QED) is 0.905. The minimum Gasteiger partial charge on any atom is -0.486 e. The maximum Gasteiger partial charge on any atom is 0.261 e. The summed E-state index contributed by atoms with van der Waals surface area (Å²) in [5, 5.41) is 2.97. The van der Waals surface area contributed by atoms with Crippen molar-refractivity contribution in [2.75, 3.05) is 13.2 Å². The fourth-order valence-electron chi connectivity index (χ4n) is 2.62. The Labute approximate surface area is 147 Å². The minimum atomic E-state index is -0.581. The number of fused-ring (bicyclic) bond motifs is 1. The number of hydrogen-bond donors (Lipinski definition) is 1. The van der Waals surface area contributed by atoms with Gasteiger partial charge in [0.25, 0.3) is 5.91 Å². The van der Waals surface area contributed by atoms with Gasteiger partial charge in [0.15, 0.2) is 17.6 Å². The summed E-state index contributed by atoms with van der Waals surface area (Å²) in [5.41, 5.74) is 2.11. The molecular weight excluding hydrogens is 318 g/mol. The first kappa shape index (κ1) is 17.1. The highest BCUT2D eigenvalue weighted by molar-refractivity contribution is 5.81. The van der Waals surface area contributed by atoms with Crippen LogP contribution in [0.15, 0.2) is 42.5 Å². The lowest BCUT2D eigenvalue weighted by atomic mass is 10.1. The lowest BCUT2D eigenvalue weighted by molar-refractivity contribution is -0.127. The molecule has 0 aromatic heterocycles. The molecule has 1 aliphatic rings. The zero-order valence-corrected chi connectivity index (χ0v) is 14.7. The lowest BCUT2D eigenvalue weighted by Gasteiger charge is -2.22. The van der Waals surface area contributed by atoms with Crippen LogP contribution in [0.5, 0.6) is 17.2 Å². The predicted octanol–water partition coefficient (Wildman–Crippen LogP) is 3.41. The smallest absolute Gasteiger partial charge is 0.261 e. The zero-order chi connectivity index (χ0) is 17.8. The van der Waals surface area contributed by atoms with Crippen molar-refractivity contribution in [2.24, 2.45) is 0 Å². The maximum absolute atomic E-state index is 12.4. The SMILES string of the molecule is Cc1ccc(O[C@@H](C)C(=O)N[C@@H](C)c2ccc3c(c2)OCCO3)cc1. The Morgan fingerprint density at radius 1 is 1.04 bits per heavy atom. The maximum atomic E-state index is 12.4. The number of carbonyl (C=O) groups excluding carboxylic acids is 1. The molecule has 132 valence electrons. The molecule has 2 aromatic carbocycles. The van der Waals surface area contributed by atoms with Crippen molar-refractivity contribution in [1.82, 2.24) is 5.32 Å². The van der Waals surface area contributed by atoms with Crippen molar-refractivity contribution < 1.29 is 19.0 Å². The fraction of sp³-hybridized carbons (Fsp3) is 0.350. The Morgan fingerprint density at radius 2 is 1.72 bits per heavy atom. The van der Waals surface area contributed by atoms with Gasteiger partial charge in [0, 0.05) is 0 Å². The van der Waals surface area contributed by atoms with Gasteiger partial charge in [0.1, 0.15) is 19.0 Å². The molecule has 3 rings (SSSR count). The number of carbonyl (C=O) groups is 1. The number of benzene rings is 2. The van der Waals surface area contributed by atoms with Gasteiger partial charge in [0.05, 0.1) is 6.04 Å². The number of amides is 1. The van der Waals surface area contributed by atoms with Crippen molar-refractivity contribution in [3.63, 3.8) is 0 Å². The van der Waals surface area contributed by atoms with Crippen LogP contribution in [-0.2, 0) is 4.79 Å². The fourth-order valence-corrected chi connectivity index (χ4v) is 2.62. The van der Waals surface area contributed by atoms with Crippen LogP contribution in [0.25, 0.3) is 0 Å². The minimum absolute atomic E-state index is 0.160. The number of nitrogens with one attached hydrogen (secondary N) is 1. The Morgan fingerprint density at radius 3 is 2.44 bits per heavy atom. The van der Waals surface area contributed by atoms with Crippen LogP contribution in [0.2, 0.25) is 0 Å². The summed E-state index contributed by atoms with van der Waals surface area (Å²) < 4.78 is 16.8. The Balaban J connectivity index is 1.60. The predicted molar refractivity (Wildman–Crippen MR) is 95.3 cm³/mol. The number of hydrogen-bond acceptors (Lipinski definition) is 4. The molecule has 0 radical (unpaired) electrons. The first-order valence-electron chi connectivity index (χ1n) is 8.46. The molecule has 0 unspecified atom stereocenters. The van der Waals surface area contributed by atoms with Crippen LogP contribution in [0, 0.1) is 6.92 Å². The van der Waals surface area contributed by atoms with Crippen molar-refractivity contribution in [2.45, 2.75) is 32.9 Å². The standard InChI is InChI=1S/C20H23NO4/c1-13-4-7-17(8-5-13)25-15(3)20(22)21-14(2)16-6-9-18-19(12-16)24-11-10-23-18/h4-9,12,14-15H,10-11H2,1-3H3,(H,21,22)/t14-,15-/m0/s1. The Hall–Kier alpha value is -2.69. The van der Waals surface area contributed by atoms with E-state index in [2.05, 4.69) is 5.32 Å². The van der Waals surface area contributed by atoms with E-state index in [0.29, 0.717) is 24.7 Å². The topological polar surface area (TPSA) is 56.8 Å². The number of rotatable bonds is 5. The molecule has 2 atom stereocenters. The van der Waals surface area contributed by atoms with Crippen LogP contribution in [0.4, 0.5) is 0 Å². The van der Waals surface area contributed by atoms with Gasteiger partial charge < -0.3 is 19.5 Å². The molecule has 0 saturated carbocycles. The molecule has 0 saturated heterocycles. The van der Waals surface area contributed by atoms with Gasteiger partial charge in [-0.3, -0.25) is 4.79 Å². The van der Waals surface area contributed by atoms with E-state index >= 15 is 0 Å². The van der Waals surface area contributed by atoms with Gasteiger partial charge in [-0.15, -0.1) is 0 Å². The van der Waals surface area contributed by atoms with E-state index in [-0.39, 0.29) is 11.9 Å². The monoisotopic (exact) mass is 341 g/mol. The summed E-state index contributed by atoms with van der Waals surface area (Å²) in [6, 6.07) is 13.2. The van der Waals surface area contributed by atoms with Gasteiger partial charge >= 0.3 is 0 Å². The first-order valence-corrected chi connectivity index (χ1v) is 8.46. The molecule has 1 amide bonds. The van der Waals surface area contributed by atoms with Gasteiger partial charge in [-0.1, -0.05) is 23.8 Å². The Bertz CT molecular complexity index is 742. The second-order valence-corrected chi connectivity index (χ2v) is 6.21. The molecule has 5 nitrogen and oxygen atoms in total. The summed E-state index contributed by atoms with van der Waals surface area (Å²) in [5.74, 6) is 1.97. The third-order valence-electron chi connectivity index (χ3n) is 4.13. The molecule has 0 fully saturated rings. The summed E-state index contributed by atoms with van der Waals surface area (Å²) in [6.07, 6.45) is -0.581. The summed E-state index contributed by atoms with van der Waals surface area (Å²) in [6.45, 7) is 6.79. The third-order valence-corrected chi connectivity index (χ3v) is 4.13. The second-order valence-electron chi connectivity index (χ2n) is 6.21. The molecule has 0 spiro atoms. The largest absolute Gasteiger partial charge is 0.486 e. The van der Waals surface area contributed by atoms with Crippen LogP contribution < -0.4 is 19.5 Å². The molecule has 1 heterocycles. The third kappa shape index (κ3) is 4.24.